The fraction of sp³-hybridized carbons (Fsp3) is 0.273. The van der Waals surface area contributed by atoms with Crippen LogP contribution in [0.5, 0.6) is 0 Å². The van der Waals surface area contributed by atoms with E-state index < -0.39 is 0 Å². The summed E-state index contributed by atoms with van der Waals surface area (Å²) < 4.78 is 0. The van der Waals surface area contributed by atoms with Gasteiger partial charge in [0.05, 0.1) is 22.4 Å². The van der Waals surface area contributed by atoms with Gasteiger partial charge in [0.25, 0.3) is 0 Å². The van der Waals surface area contributed by atoms with E-state index in [1.807, 2.05) is 0 Å². The molecule has 0 bridgehead atoms. The third-order valence-corrected chi connectivity index (χ3v) is 9.55. The van der Waals surface area contributed by atoms with Gasteiger partial charge in [0, 0.05) is 89.3 Å². The van der Waals surface area contributed by atoms with Gasteiger partial charge in [-0.2, -0.15) is 0 Å². The molecule has 0 amide bonds. The Labute approximate surface area is 306 Å². The van der Waals surface area contributed by atoms with Gasteiger partial charge in [-0.15, -0.1) is 0 Å². The maximum atomic E-state index is 5.04. The van der Waals surface area contributed by atoms with Crippen molar-refractivity contribution in [3.05, 3.63) is 144 Å². The standard InChI is InChI=1S/C44H50N8/c1-3-13-41-33(7-1)9-5-11-37(41)29-47-25-21-45-23-27-49-31-39-19-17-35-15-16-36-18-20-40(52-44(36)43(35)51-39)32-50-28-24-46-22-26-48-30-38-12-6-10-34-8-2-4-14-42(34)38/h1-20,45-50H,21-32H2. The summed E-state index contributed by atoms with van der Waals surface area (Å²) in [5.41, 5.74) is 6.67. The van der Waals surface area contributed by atoms with Crippen molar-refractivity contribution in [2.75, 3.05) is 52.4 Å². The summed E-state index contributed by atoms with van der Waals surface area (Å²) in [4.78, 5) is 10.1. The van der Waals surface area contributed by atoms with Crippen molar-refractivity contribution in [3.63, 3.8) is 0 Å². The van der Waals surface area contributed by atoms with Gasteiger partial charge in [-0.3, -0.25) is 0 Å². The first-order valence-electron chi connectivity index (χ1n) is 18.7. The Morgan fingerprint density at radius 3 is 1.13 bits per heavy atom. The van der Waals surface area contributed by atoms with E-state index in [1.165, 1.54) is 32.7 Å². The summed E-state index contributed by atoms with van der Waals surface area (Å²) in [6, 6.07) is 43.0. The molecular formula is C44H50N8. The van der Waals surface area contributed by atoms with Crippen molar-refractivity contribution in [1.29, 1.82) is 0 Å². The van der Waals surface area contributed by atoms with Crippen LogP contribution in [0.1, 0.15) is 22.5 Å². The lowest BCUT2D eigenvalue weighted by Crippen LogP contribution is -2.32. The fourth-order valence-electron chi connectivity index (χ4n) is 6.77. The largest absolute Gasteiger partial charge is 0.314 e. The maximum Gasteiger partial charge on any atom is 0.0968 e. The van der Waals surface area contributed by atoms with Crippen LogP contribution in [0.3, 0.4) is 0 Å². The highest BCUT2D eigenvalue weighted by Gasteiger charge is 2.07. The monoisotopic (exact) mass is 690 g/mol. The molecule has 0 aliphatic rings. The van der Waals surface area contributed by atoms with Crippen LogP contribution in [-0.4, -0.2) is 62.3 Å². The van der Waals surface area contributed by atoms with Crippen molar-refractivity contribution in [1.82, 2.24) is 41.9 Å². The molecule has 0 aliphatic heterocycles. The van der Waals surface area contributed by atoms with Crippen LogP contribution in [0, 0.1) is 0 Å². The van der Waals surface area contributed by atoms with E-state index in [2.05, 4.69) is 153 Å². The molecule has 2 aromatic heterocycles. The minimum absolute atomic E-state index is 0.722. The van der Waals surface area contributed by atoms with E-state index in [-0.39, 0.29) is 0 Å². The van der Waals surface area contributed by atoms with Gasteiger partial charge in [0.2, 0.25) is 0 Å². The van der Waals surface area contributed by atoms with Crippen molar-refractivity contribution in [3.8, 4) is 0 Å². The molecular weight excluding hydrogens is 641 g/mol. The lowest BCUT2D eigenvalue weighted by atomic mass is 10.0. The number of hydrogen-bond acceptors (Lipinski definition) is 8. The molecule has 266 valence electrons. The maximum absolute atomic E-state index is 5.04. The number of benzene rings is 5. The zero-order valence-electron chi connectivity index (χ0n) is 29.9. The summed E-state index contributed by atoms with van der Waals surface area (Å²) in [6.07, 6.45) is 0. The minimum Gasteiger partial charge on any atom is -0.314 e. The molecule has 6 N–H and O–H groups in total. The molecule has 0 radical (unpaired) electrons. The van der Waals surface area contributed by atoms with Crippen LogP contribution in [0.4, 0.5) is 0 Å². The van der Waals surface area contributed by atoms with Gasteiger partial charge >= 0.3 is 0 Å². The SMILES string of the molecule is c1ccc2c(CNCCNCCNCc3ccc4ccc5ccc(CNCCNCCNCc6cccc7ccccc67)nc5c4n3)cccc2c1. The topological polar surface area (TPSA) is 98.0 Å². The van der Waals surface area contributed by atoms with Gasteiger partial charge in [0.1, 0.15) is 0 Å². The highest BCUT2D eigenvalue weighted by Crippen LogP contribution is 2.23. The number of fused-ring (bicyclic) bond motifs is 5. The van der Waals surface area contributed by atoms with Gasteiger partial charge in [-0.25, -0.2) is 9.97 Å². The molecule has 8 nitrogen and oxygen atoms in total. The molecule has 2 heterocycles. The Kier molecular flexibility index (Phi) is 12.7. The van der Waals surface area contributed by atoms with Gasteiger partial charge in [0.15, 0.2) is 0 Å². The van der Waals surface area contributed by atoms with E-state index in [1.54, 1.807) is 0 Å². The van der Waals surface area contributed by atoms with Gasteiger partial charge in [-0.1, -0.05) is 109 Å². The Hall–Kier alpha value is -4.80. The van der Waals surface area contributed by atoms with E-state index in [0.29, 0.717) is 0 Å². The second kappa shape index (κ2) is 18.6. The molecule has 52 heavy (non-hydrogen) atoms. The summed E-state index contributed by atoms with van der Waals surface area (Å²) in [5, 5.41) is 28.8. The minimum atomic E-state index is 0.722. The number of rotatable bonds is 20. The second-order valence-electron chi connectivity index (χ2n) is 13.3. The predicted octanol–water partition coefficient (Wildman–Crippen LogP) is 6.03. The summed E-state index contributed by atoms with van der Waals surface area (Å²) in [6.45, 7) is 10.5. The van der Waals surface area contributed by atoms with Crippen LogP contribution in [-0.2, 0) is 26.2 Å². The number of aromatic nitrogens is 2. The Morgan fingerprint density at radius 2 is 0.673 bits per heavy atom. The van der Waals surface area contributed by atoms with Crippen LogP contribution < -0.4 is 31.9 Å². The van der Waals surface area contributed by atoms with Crippen molar-refractivity contribution >= 4 is 43.4 Å². The Balaban J connectivity index is 0.792. The second-order valence-corrected chi connectivity index (χ2v) is 13.3. The van der Waals surface area contributed by atoms with E-state index in [4.69, 9.17) is 9.97 Å². The van der Waals surface area contributed by atoms with Crippen LogP contribution in [0.15, 0.2) is 121 Å². The smallest absolute Gasteiger partial charge is 0.0968 e. The molecule has 5 aromatic carbocycles. The van der Waals surface area contributed by atoms with Crippen LogP contribution in [0.25, 0.3) is 43.4 Å². The molecule has 0 fully saturated rings. The zero-order valence-corrected chi connectivity index (χ0v) is 29.9. The molecule has 0 unspecified atom stereocenters. The number of hydrogen-bond donors (Lipinski definition) is 6. The quantitative estimate of drug-likeness (QED) is 0.0427. The first-order valence-corrected chi connectivity index (χ1v) is 18.7. The summed E-state index contributed by atoms with van der Waals surface area (Å²) in [5.74, 6) is 0. The van der Waals surface area contributed by atoms with E-state index >= 15 is 0 Å². The number of nitrogens with one attached hydrogen (secondary N) is 6. The average Bonchev–Trinajstić information content (AvgIpc) is 3.19. The van der Waals surface area contributed by atoms with Crippen molar-refractivity contribution in [2.24, 2.45) is 0 Å². The first-order chi connectivity index (χ1) is 25.8. The third kappa shape index (κ3) is 9.54. The van der Waals surface area contributed by atoms with Crippen molar-refractivity contribution < 1.29 is 0 Å². The van der Waals surface area contributed by atoms with Gasteiger partial charge in [-0.05, 0) is 44.8 Å². The Bertz CT molecular complexity index is 2030. The normalized spacial score (nSPS) is 11.7. The lowest BCUT2D eigenvalue weighted by Gasteiger charge is -2.11. The average molecular weight is 691 g/mol. The van der Waals surface area contributed by atoms with Crippen LogP contribution >= 0.6 is 0 Å². The predicted molar refractivity (Wildman–Crippen MR) is 218 cm³/mol. The molecule has 0 saturated carbocycles. The molecule has 7 rings (SSSR count). The molecule has 7 aromatic rings. The molecule has 0 spiro atoms. The van der Waals surface area contributed by atoms with Gasteiger partial charge < -0.3 is 31.9 Å². The summed E-state index contributed by atoms with van der Waals surface area (Å²) >= 11 is 0. The molecule has 0 atom stereocenters. The highest BCUT2D eigenvalue weighted by atomic mass is 15.0. The number of pyridine rings is 2. The number of nitrogens with zero attached hydrogens (tertiary/aromatic N) is 2. The van der Waals surface area contributed by atoms with E-state index in [0.717, 1.165) is 112 Å². The molecule has 8 heteroatoms. The zero-order chi connectivity index (χ0) is 35.2. The third-order valence-electron chi connectivity index (χ3n) is 9.55. The molecule has 0 aliphatic carbocycles. The van der Waals surface area contributed by atoms with Crippen molar-refractivity contribution in [2.45, 2.75) is 26.2 Å². The van der Waals surface area contributed by atoms with E-state index in [9.17, 15) is 0 Å². The van der Waals surface area contributed by atoms with Crippen LogP contribution in [0.2, 0.25) is 0 Å². The highest BCUT2D eigenvalue weighted by molar-refractivity contribution is 6.02. The summed E-state index contributed by atoms with van der Waals surface area (Å²) in [7, 11) is 0. The lowest BCUT2D eigenvalue weighted by molar-refractivity contribution is 0.579. The fourth-order valence-corrected chi connectivity index (χ4v) is 6.77. The first kappa shape index (κ1) is 35.6. The molecule has 0 saturated heterocycles. The Morgan fingerprint density at radius 1 is 0.308 bits per heavy atom.